The highest BCUT2D eigenvalue weighted by atomic mass is 16.6. The third kappa shape index (κ3) is 4.71. The van der Waals surface area contributed by atoms with Gasteiger partial charge >= 0.3 is 0 Å². The number of methoxy groups -OCH3 is 1. The Kier molecular flexibility index (Phi) is 6.02. The van der Waals surface area contributed by atoms with Crippen LogP contribution < -0.4 is 10.1 Å². The van der Waals surface area contributed by atoms with Crippen molar-refractivity contribution in [2.24, 2.45) is 0 Å². The van der Waals surface area contributed by atoms with Crippen molar-refractivity contribution < 1.29 is 23.3 Å². The highest BCUT2D eigenvalue weighted by Gasteiger charge is 2.17. The molecule has 0 aliphatic rings. The third-order valence-corrected chi connectivity index (χ3v) is 5.38. The Balaban J connectivity index is 1.28. The summed E-state index contributed by atoms with van der Waals surface area (Å²) in [7, 11) is 1.60. The summed E-state index contributed by atoms with van der Waals surface area (Å²) in [4.78, 5) is 27.7. The second-order valence-electron chi connectivity index (χ2n) is 7.73. The molecule has 5 rings (SSSR count). The molecule has 0 saturated heterocycles. The van der Waals surface area contributed by atoms with E-state index in [9.17, 15) is 14.9 Å². The number of carbonyl (C=O) groups excluding carboxylic acids is 1. The summed E-state index contributed by atoms with van der Waals surface area (Å²) in [6.07, 6.45) is 2.81. The number of furan rings is 1. The Hall–Kier alpha value is -5.18. The van der Waals surface area contributed by atoms with Crippen LogP contribution in [0.3, 0.4) is 0 Å². The number of nitro groups is 1. The summed E-state index contributed by atoms with van der Waals surface area (Å²) in [6, 6.07) is 22.1. The first kappa shape index (κ1) is 22.6. The summed E-state index contributed by atoms with van der Waals surface area (Å²) < 4.78 is 16.7. The summed E-state index contributed by atoms with van der Waals surface area (Å²) in [5.74, 6) is 1.54. The molecular weight excluding hydrogens is 462 g/mol. The number of amides is 1. The van der Waals surface area contributed by atoms with E-state index < -0.39 is 4.92 Å². The van der Waals surface area contributed by atoms with Gasteiger partial charge in [-0.2, -0.15) is 0 Å². The van der Waals surface area contributed by atoms with Crippen LogP contribution in [-0.4, -0.2) is 22.9 Å². The van der Waals surface area contributed by atoms with E-state index >= 15 is 0 Å². The number of fused-ring (bicyclic) bond motifs is 1. The van der Waals surface area contributed by atoms with E-state index in [2.05, 4.69) is 10.3 Å². The number of nitrogens with one attached hydrogen (secondary N) is 1. The molecule has 3 aromatic carbocycles. The van der Waals surface area contributed by atoms with Crippen molar-refractivity contribution >= 4 is 34.5 Å². The number of para-hydroxylation sites is 1. The van der Waals surface area contributed by atoms with Gasteiger partial charge in [-0.1, -0.05) is 12.1 Å². The van der Waals surface area contributed by atoms with Gasteiger partial charge in [0.05, 0.1) is 17.6 Å². The Bertz CT molecular complexity index is 1600. The number of hydrogen-bond acceptors (Lipinski definition) is 7. The van der Waals surface area contributed by atoms with Crippen LogP contribution in [0.2, 0.25) is 0 Å². The number of anilines is 1. The lowest BCUT2D eigenvalue weighted by molar-refractivity contribution is -0.384. The molecule has 178 valence electrons. The van der Waals surface area contributed by atoms with Crippen molar-refractivity contribution in [3.05, 3.63) is 101 Å². The van der Waals surface area contributed by atoms with Crippen LogP contribution in [0.25, 0.3) is 40.0 Å². The van der Waals surface area contributed by atoms with Crippen molar-refractivity contribution in [2.45, 2.75) is 0 Å². The van der Waals surface area contributed by atoms with Gasteiger partial charge in [-0.25, -0.2) is 4.98 Å². The number of aromatic nitrogens is 1. The lowest BCUT2D eigenvalue weighted by atomic mass is 10.1. The van der Waals surface area contributed by atoms with E-state index in [0.29, 0.717) is 39.8 Å². The SMILES string of the molecule is COc1ccc(-c2nc3cc(NC(=O)/C=C/c4ccc(-c5ccccc5[N+](=O)[O-])o4)ccc3o2)cc1. The van der Waals surface area contributed by atoms with E-state index in [0.717, 1.165) is 11.3 Å². The average molecular weight is 481 g/mol. The van der Waals surface area contributed by atoms with Gasteiger partial charge in [-0.3, -0.25) is 14.9 Å². The molecule has 9 nitrogen and oxygen atoms in total. The van der Waals surface area contributed by atoms with E-state index in [1.807, 2.05) is 24.3 Å². The molecule has 0 aliphatic heterocycles. The molecule has 2 heterocycles. The van der Waals surface area contributed by atoms with E-state index in [4.69, 9.17) is 13.6 Å². The normalized spacial score (nSPS) is 11.1. The second-order valence-corrected chi connectivity index (χ2v) is 7.73. The first-order valence-electron chi connectivity index (χ1n) is 10.9. The minimum atomic E-state index is -0.466. The first-order chi connectivity index (χ1) is 17.5. The fourth-order valence-electron chi connectivity index (χ4n) is 3.63. The molecule has 5 aromatic rings. The van der Waals surface area contributed by atoms with Gasteiger partial charge in [0.15, 0.2) is 5.58 Å². The molecular formula is C27H19N3O6. The number of oxazole rings is 1. The van der Waals surface area contributed by atoms with Crippen LogP contribution in [-0.2, 0) is 4.79 Å². The summed E-state index contributed by atoms with van der Waals surface area (Å²) in [5.41, 5.74) is 2.85. The standard InChI is InChI=1S/C27H19N3O6/c1-34-19-9-6-17(7-10-19)27-29-22-16-18(8-13-25(22)36-27)28-26(31)15-12-20-11-14-24(35-20)21-4-2-3-5-23(21)30(32)33/h2-16H,1H3,(H,28,31)/b15-12+. The zero-order valence-corrected chi connectivity index (χ0v) is 19.0. The topological polar surface area (TPSA) is 121 Å². The largest absolute Gasteiger partial charge is 0.497 e. The zero-order valence-electron chi connectivity index (χ0n) is 19.0. The number of carbonyl (C=O) groups is 1. The Morgan fingerprint density at radius 1 is 1.03 bits per heavy atom. The Morgan fingerprint density at radius 3 is 2.61 bits per heavy atom. The minimum absolute atomic E-state index is 0.0569. The average Bonchev–Trinajstić information content (AvgIpc) is 3.54. The van der Waals surface area contributed by atoms with E-state index in [1.54, 1.807) is 55.6 Å². The van der Waals surface area contributed by atoms with Crippen molar-refractivity contribution in [3.63, 3.8) is 0 Å². The molecule has 1 amide bonds. The monoisotopic (exact) mass is 481 g/mol. The molecule has 9 heteroatoms. The fourth-order valence-corrected chi connectivity index (χ4v) is 3.63. The Labute approximate surface area is 204 Å². The molecule has 0 atom stereocenters. The number of nitro benzene ring substituents is 1. The van der Waals surface area contributed by atoms with E-state index in [-0.39, 0.29) is 11.6 Å². The molecule has 1 N–H and O–H groups in total. The van der Waals surface area contributed by atoms with Crippen molar-refractivity contribution in [2.75, 3.05) is 12.4 Å². The van der Waals surface area contributed by atoms with Crippen LogP contribution in [0.15, 0.2) is 93.8 Å². The predicted molar refractivity (Wildman–Crippen MR) is 134 cm³/mol. The van der Waals surface area contributed by atoms with Gasteiger partial charge in [0, 0.05) is 23.4 Å². The molecule has 0 unspecified atom stereocenters. The molecule has 0 saturated carbocycles. The van der Waals surface area contributed by atoms with Gasteiger partial charge in [0.25, 0.3) is 5.69 Å². The molecule has 0 fully saturated rings. The molecule has 0 spiro atoms. The molecule has 2 aromatic heterocycles. The first-order valence-corrected chi connectivity index (χ1v) is 10.9. The summed E-state index contributed by atoms with van der Waals surface area (Å²) >= 11 is 0. The van der Waals surface area contributed by atoms with Crippen LogP contribution >= 0.6 is 0 Å². The van der Waals surface area contributed by atoms with Crippen LogP contribution in [0.5, 0.6) is 5.75 Å². The van der Waals surface area contributed by atoms with Gasteiger partial charge in [-0.15, -0.1) is 0 Å². The number of benzene rings is 3. The van der Waals surface area contributed by atoms with E-state index in [1.165, 1.54) is 18.2 Å². The highest BCUT2D eigenvalue weighted by Crippen LogP contribution is 2.31. The summed E-state index contributed by atoms with van der Waals surface area (Å²) in [6.45, 7) is 0. The smallest absolute Gasteiger partial charge is 0.280 e. The van der Waals surface area contributed by atoms with Gasteiger partial charge < -0.3 is 18.9 Å². The summed E-state index contributed by atoms with van der Waals surface area (Å²) in [5, 5.41) is 14.0. The van der Waals surface area contributed by atoms with Gasteiger partial charge in [0.2, 0.25) is 11.8 Å². The van der Waals surface area contributed by atoms with Crippen LogP contribution in [0.4, 0.5) is 11.4 Å². The van der Waals surface area contributed by atoms with Gasteiger partial charge in [0.1, 0.15) is 22.8 Å². The highest BCUT2D eigenvalue weighted by molar-refractivity contribution is 6.02. The maximum absolute atomic E-state index is 12.4. The number of hydrogen-bond donors (Lipinski definition) is 1. The molecule has 36 heavy (non-hydrogen) atoms. The quantitative estimate of drug-likeness (QED) is 0.164. The lowest BCUT2D eigenvalue weighted by Crippen LogP contribution is -2.07. The number of ether oxygens (including phenoxy) is 1. The fraction of sp³-hybridized carbons (Fsp3) is 0.0370. The second kappa shape index (κ2) is 9.59. The van der Waals surface area contributed by atoms with Crippen molar-refractivity contribution in [1.82, 2.24) is 4.98 Å². The van der Waals surface area contributed by atoms with Crippen LogP contribution in [0.1, 0.15) is 5.76 Å². The van der Waals surface area contributed by atoms with Crippen molar-refractivity contribution in [1.29, 1.82) is 0 Å². The predicted octanol–water partition coefficient (Wildman–Crippen LogP) is 6.32. The molecule has 0 aliphatic carbocycles. The molecule has 0 radical (unpaired) electrons. The number of rotatable bonds is 7. The van der Waals surface area contributed by atoms with Gasteiger partial charge in [-0.05, 0) is 66.7 Å². The molecule has 0 bridgehead atoms. The zero-order chi connectivity index (χ0) is 25.1. The third-order valence-electron chi connectivity index (χ3n) is 5.38. The maximum atomic E-state index is 12.4. The van der Waals surface area contributed by atoms with Crippen LogP contribution in [0, 0.1) is 10.1 Å². The Morgan fingerprint density at radius 2 is 1.83 bits per heavy atom. The van der Waals surface area contributed by atoms with Crippen molar-refractivity contribution in [3.8, 4) is 28.5 Å². The lowest BCUT2D eigenvalue weighted by Gasteiger charge is -2.01. The number of nitrogens with zero attached hydrogens (tertiary/aromatic N) is 2. The minimum Gasteiger partial charge on any atom is -0.497 e. The maximum Gasteiger partial charge on any atom is 0.280 e.